The standard InChI is InChI=1S/C12H16F2N2O3S/c13-9-1-2-11(10(14)7-9)20(17,18)16-12(8-15)3-5-19-6-4-12/h1-2,7,16H,3-6,8,15H2. The van der Waals surface area contributed by atoms with E-state index in [0.29, 0.717) is 32.1 Å². The third-order valence-electron chi connectivity index (χ3n) is 3.37. The molecule has 1 heterocycles. The molecule has 0 atom stereocenters. The van der Waals surface area contributed by atoms with Gasteiger partial charge in [-0.1, -0.05) is 0 Å². The van der Waals surface area contributed by atoms with Crippen molar-refractivity contribution in [2.45, 2.75) is 23.3 Å². The molecule has 0 unspecified atom stereocenters. The fourth-order valence-electron chi connectivity index (χ4n) is 2.14. The number of halogens is 2. The minimum Gasteiger partial charge on any atom is -0.381 e. The summed E-state index contributed by atoms with van der Waals surface area (Å²) in [5.41, 5.74) is 4.80. The van der Waals surface area contributed by atoms with E-state index in [-0.39, 0.29) is 6.54 Å². The average Bonchev–Trinajstić information content (AvgIpc) is 2.38. The maximum atomic E-state index is 13.6. The van der Waals surface area contributed by atoms with E-state index in [1.165, 1.54) is 0 Å². The van der Waals surface area contributed by atoms with Gasteiger partial charge < -0.3 is 10.5 Å². The lowest BCUT2D eigenvalue weighted by atomic mass is 9.92. The monoisotopic (exact) mass is 306 g/mol. The van der Waals surface area contributed by atoms with Crippen LogP contribution in [0.4, 0.5) is 8.78 Å². The molecule has 1 aromatic rings. The molecule has 1 aromatic carbocycles. The number of rotatable bonds is 4. The minimum absolute atomic E-state index is 0.0817. The molecule has 0 radical (unpaired) electrons. The van der Waals surface area contributed by atoms with Crippen LogP contribution >= 0.6 is 0 Å². The van der Waals surface area contributed by atoms with Crippen molar-refractivity contribution in [1.29, 1.82) is 0 Å². The van der Waals surface area contributed by atoms with Crippen LogP contribution in [0.25, 0.3) is 0 Å². The van der Waals surface area contributed by atoms with E-state index in [1.807, 2.05) is 0 Å². The molecule has 0 aromatic heterocycles. The molecule has 0 bridgehead atoms. The summed E-state index contributed by atoms with van der Waals surface area (Å²) in [6, 6.07) is 2.33. The summed E-state index contributed by atoms with van der Waals surface area (Å²) in [5, 5.41) is 0. The molecule has 2 rings (SSSR count). The molecule has 0 spiro atoms. The van der Waals surface area contributed by atoms with Crippen molar-refractivity contribution in [1.82, 2.24) is 4.72 Å². The molecule has 8 heteroatoms. The van der Waals surface area contributed by atoms with E-state index in [1.54, 1.807) is 0 Å². The predicted molar refractivity (Wildman–Crippen MR) is 68.5 cm³/mol. The van der Waals surface area contributed by atoms with Gasteiger partial charge in [-0.25, -0.2) is 21.9 Å². The molecule has 1 aliphatic heterocycles. The van der Waals surface area contributed by atoms with Gasteiger partial charge in [-0.3, -0.25) is 0 Å². The number of benzene rings is 1. The van der Waals surface area contributed by atoms with Crippen LogP contribution in [0.3, 0.4) is 0 Å². The van der Waals surface area contributed by atoms with Gasteiger partial charge in [-0.2, -0.15) is 0 Å². The molecule has 5 nitrogen and oxygen atoms in total. The van der Waals surface area contributed by atoms with Crippen molar-refractivity contribution in [3.63, 3.8) is 0 Å². The van der Waals surface area contributed by atoms with Gasteiger partial charge >= 0.3 is 0 Å². The van der Waals surface area contributed by atoms with Gasteiger partial charge in [-0.05, 0) is 25.0 Å². The highest BCUT2D eigenvalue weighted by Gasteiger charge is 2.36. The highest BCUT2D eigenvalue weighted by Crippen LogP contribution is 2.24. The molecule has 112 valence electrons. The molecule has 20 heavy (non-hydrogen) atoms. The van der Waals surface area contributed by atoms with Crippen molar-refractivity contribution in [2.75, 3.05) is 19.8 Å². The minimum atomic E-state index is -4.11. The topological polar surface area (TPSA) is 81.4 Å². The van der Waals surface area contributed by atoms with Crippen molar-refractivity contribution in [3.05, 3.63) is 29.8 Å². The molecule has 0 amide bonds. The van der Waals surface area contributed by atoms with Gasteiger partial charge in [0.2, 0.25) is 10.0 Å². The van der Waals surface area contributed by atoms with Crippen molar-refractivity contribution < 1.29 is 21.9 Å². The van der Waals surface area contributed by atoms with E-state index in [9.17, 15) is 17.2 Å². The SMILES string of the molecule is NCC1(NS(=O)(=O)c2ccc(F)cc2F)CCOCC1. The lowest BCUT2D eigenvalue weighted by molar-refractivity contribution is 0.0502. The Hall–Kier alpha value is -1.09. The Kier molecular flexibility index (Phi) is 4.38. The fraction of sp³-hybridized carbons (Fsp3) is 0.500. The van der Waals surface area contributed by atoms with Crippen molar-refractivity contribution in [2.24, 2.45) is 5.73 Å². The van der Waals surface area contributed by atoms with E-state index in [0.717, 1.165) is 12.1 Å². The zero-order valence-electron chi connectivity index (χ0n) is 10.7. The summed E-state index contributed by atoms with van der Waals surface area (Å²) in [6.45, 7) is 0.843. The van der Waals surface area contributed by atoms with E-state index < -0.39 is 32.1 Å². The van der Waals surface area contributed by atoms with Crippen LogP contribution in [0.1, 0.15) is 12.8 Å². The van der Waals surface area contributed by atoms with Gasteiger partial charge in [0, 0.05) is 31.4 Å². The van der Waals surface area contributed by atoms with Gasteiger partial charge in [0.1, 0.15) is 16.5 Å². The van der Waals surface area contributed by atoms with Crippen LogP contribution in [0.5, 0.6) is 0 Å². The highest BCUT2D eigenvalue weighted by atomic mass is 32.2. The molecule has 1 fully saturated rings. The van der Waals surface area contributed by atoms with Crippen molar-refractivity contribution in [3.8, 4) is 0 Å². The lowest BCUT2D eigenvalue weighted by Gasteiger charge is -2.36. The summed E-state index contributed by atoms with van der Waals surface area (Å²) in [7, 11) is -4.11. The van der Waals surface area contributed by atoms with Gasteiger partial charge in [0.15, 0.2) is 0 Å². The second-order valence-electron chi connectivity index (χ2n) is 4.78. The van der Waals surface area contributed by atoms with E-state index in [2.05, 4.69) is 4.72 Å². The number of ether oxygens (including phenoxy) is 1. The number of nitrogens with one attached hydrogen (secondary N) is 1. The second-order valence-corrected chi connectivity index (χ2v) is 6.43. The normalized spacial score (nSPS) is 18.9. The Labute approximate surface area is 116 Å². The van der Waals surface area contributed by atoms with Crippen LogP contribution in [0.2, 0.25) is 0 Å². The van der Waals surface area contributed by atoms with Crippen LogP contribution in [0, 0.1) is 11.6 Å². The zero-order valence-corrected chi connectivity index (χ0v) is 11.6. The second kappa shape index (κ2) is 5.72. The maximum absolute atomic E-state index is 13.6. The number of hydrogen-bond donors (Lipinski definition) is 2. The van der Waals surface area contributed by atoms with Gasteiger partial charge in [0.05, 0.1) is 0 Å². The Balaban J connectivity index is 2.30. The molecular weight excluding hydrogens is 290 g/mol. The summed E-state index contributed by atoms with van der Waals surface area (Å²) in [6.07, 6.45) is 0.817. The molecular formula is C12H16F2N2O3S. The largest absolute Gasteiger partial charge is 0.381 e. The summed E-state index contributed by atoms with van der Waals surface area (Å²) < 4.78 is 58.5. The smallest absolute Gasteiger partial charge is 0.244 e. The summed E-state index contributed by atoms with van der Waals surface area (Å²) in [5.74, 6) is -1.96. The first kappa shape index (κ1) is 15.3. The Morgan fingerprint density at radius 3 is 2.50 bits per heavy atom. The Morgan fingerprint density at radius 2 is 1.95 bits per heavy atom. The maximum Gasteiger partial charge on any atom is 0.244 e. The molecule has 0 aliphatic carbocycles. The molecule has 0 saturated carbocycles. The van der Waals surface area contributed by atoms with Crippen molar-refractivity contribution >= 4 is 10.0 Å². The van der Waals surface area contributed by atoms with E-state index >= 15 is 0 Å². The van der Waals surface area contributed by atoms with Crippen LogP contribution in [-0.2, 0) is 14.8 Å². The number of sulfonamides is 1. The first-order chi connectivity index (χ1) is 9.38. The predicted octanol–water partition coefficient (Wildman–Crippen LogP) is 0.751. The molecule has 3 N–H and O–H groups in total. The Bertz CT molecular complexity index is 586. The van der Waals surface area contributed by atoms with Crippen LogP contribution < -0.4 is 10.5 Å². The number of hydrogen-bond acceptors (Lipinski definition) is 4. The summed E-state index contributed by atoms with van der Waals surface area (Å²) >= 11 is 0. The van der Waals surface area contributed by atoms with Gasteiger partial charge in [-0.15, -0.1) is 0 Å². The average molecular weight is 306 g/mol. The third-order valence-corrected chi connectivity index (χ3v) is 4.99. The van der Waals surface area contributed by atoms with Gasteiger partial charge in [0.25, 0.3) is 0 Å². The highest BCUT2D eigenvalue weighted by molar-refractivity contribution is 7.89. The lowest BCUT2D eigenvalue weighted by Crippen LogP contribution is -2.56. The third kappa shape index (κ3) is 3.14. The number of nitrogens with two attached hydrogens (primary N) is 1. The van der Waals surface area contributed by atoms with Crippen LogP contribution in [0.15, 0.2) is 23.1 Å². The van der Waals surface area contributed by atoms with Crippen LogP contribution in [-0.4, -0.2) is 33.7 Å². The Morgan fingerprint density at radius 1 is 1.30 bits per heavy atom. The zero-order chi connectivity index (χ0) is 14.8. The molecule has 1 aliphatic rings. The first-order valence-corrected chi connectivity index (χ1v) is 7.64. The first-order valence-electron chi connectivity index (χ1n) is 6.15. The summed E-state index contributed by atoms with van der Waals surface area (Å²) in [4.78, 5) is -0.585. The molecule has 1 saturated heterocycles. The van der Waals surface area contributed by atoms with E-state index in [4.69, 9.17) is 10.5 Å². The quantitative estimate of drug-likeness (QED) is 0.860. The fourth-order valence-corrected chi connectivity index (χ4v) is 3.67.